The monoisotopic (exact) mass is 284 g/mol. The van der Waals surface area contributed by atoms with Crippen molar-refractivity contribution in [3.63, 3.8) is 0 Å². The van der Waals surface area contributed by atoms with Crippen LogP contribution in [0.5, 0.6) is 0 Å². The van der Waals surface area contributed by atoms with Gasteiger partial charge in [0.05, 0.1) is 5.69 Å². The molecule has 1 saturated heterocycles. The molecule has 2 aliphatic rings. The van der Waals surface area contributed by atoms with Gasteiger partial charge in [0.25, 0.3) is 0 Å². The van der Waals surface area contributed by atoms with Crippen molar-refractivity contribution in [2.45, 2.75) is 24.2 Å². The van der Waals surface area contributed by atoms with Crippen molar-refractivity contribution in [3.8, 4) is 0 Å². The molecule has 0 amide bonds. The lowest BCUT2D eigenvalue weighted by Gasteiger charge is -2.18. The average Bonchev–Trinajstić information content (AvgIpc) is 2.92. The lowest BCUT2D eigenvalue weighted by atomic mass is 10.0. The maximum absolute atomic E-state index is 13.4. The van der Waals surface area contributed by atoms with E-state index < -0.39 is 15.8 Å². The van der Waals surface area contributed by atoms with Crippen LogP contribution >= 0.6 is 0 Å². The Balaban J connectivity index is 1.93. The standard InChI is InChI=1S/C13H17FN2O2S/c14-11-5-2-6-12(13(11)15)19(17,18)16-7-9-3-1-4-10(9)8-16/h2,5-6,9-10H,1,3-4,7-8,15H2. The van der Waals surface area contributed by atoms with Crippen molar-refractivity contribution in [2.24, 2.45) is 11.8 Å². The SMILES string of the molecule is Nc1c(F)cccc1S(=O)(=O)N1CC2CCCC2C1. The maximum atomic E-state index is 13.4. The van der Waals surface area contributed by atoms with E-state index in [-0.39, 0.29) is 10.6 Å². The van der Waals surface area contributed by atoms with Gasteiger partial charge >= 0.3 is 0 Å². The van der Waals surface area contributed by atoms with E-state index in [0.29, 0.717) is 24.9 Å². The van der Waals surface area contributed by atoms with Gasteiger partial charge in [0, 0.05) is 13.1 Å². The first kappa shape index (κ1) is 12.9. The molecule has 2 N–H and O–H groups in total. The number of nitrogens with zero attached hydrogens (tertiary/aromatic N) is 1. The second kappa shape index (κ2) is 4.45. The van der Waals surface area contributed by atoms with Gasteiger partial charge in [0.2, 0.25) is 10.0 Å². The summed E-state index contributed by atoms with van der Waals surface area (Å²) in [4.78, 5) is -0.104. The molecule has 1 aliphatic heterocycles. The van der Waals surface area contributed by atoms with Crippen molar-refractivity contribution in [2.75, 3.05) is 18.8 Å². The number of nitrogens with two attached hydrogens (primary N) is 1. The Kier molecular flexibility index (Phi) is 3.02. The molecular formula is C13H17FN2O2S. The summed E-state index contributed by atoms with van der Waals surface area (Å²) in [6, 6.07) is 3.93. The summed E-state index contributed by atoms with van der Waals surface area (Å²) in [5, 5.41) is 0. The van der Waals surface area contributed by atoms with Gasteiger partial charge in [0.15, 0.2) is 0 Å². The van der Waals surface area contributed by atoms with Crippen LogP contribution in [0.3, 0.4) is 0 Å². The first-order chi connectivity index (χ1) is 9.00. The second-order valence-corrected chi connectivity index (χ2v) is 7.33. The predicted molar refractivity (Wildman–Crippen MR) is 70.4 cm³/mol. The predicted octanol–water partition coefficient (Wildman–Crippen LogP) is 1.83. The summed E-state index contributed by atoms with van der Waals surface area (Å²) < 4.78 is 39.9. The molecule has 104 valence electrons. The highest BCUT2D eigenvalue weighted by molar-refractivity contribution is 7.89. The molecule has 2 atom stereocenters. The van der Waals surface area contributed by atoms with E-state index in [1.54, 1.807) is 0 Å². The number of fused-ring (bicyclic) bond motifs is 1. The molecule has 1 heterocycles. The Morgan fingerprint density at radius 1 is 1.21 bits per heavy atom. The van der Waals surface area contributed by atoms with Gasteiger partial charge in [-0.05, 0) is 36.8 Å². The van der Waals surface area contributed by atoms with Crippen molar-refractivity contribution >= 4 is 15.7 Å². The molecular weight excluding hydrogens is 267 g/mol. The molecule has 19 heavy (non-hydrogen) atoms. The lowest BCUT2D eigenvalue weighted by molar-refractivity contribution is 0.445. The van der Waals surface area contributed by atoms with E-state index in [9.17, 15) is 12.8 Å². The summed E-state index contributed by atoms with van der Waals surface area (Å²) in [7, 11) is -3.67. The van der Waals surface area contributed by atoms with Gasteiger partial charge in [-0.15, -0.1) is 0 Å². The third-order valence-corrected chi connectivity index (χ3v) is 6.21. The van der Waals surface area contributed by atoms with Crippen LogP contribution in [-0.4, -0.2) is 25.8 Å². The van der Waals surface area contributed by atoms with Gasteiger partial charge in [-0.25, -0.2) is 12.8 Å². The number of para-hydroxylation sites is 1. The molecule has 0 radical (unpaired) electrons. The largest absolute Gasteiger partial charge is 0.395 e. The summed E-state index contributed by atoms with van der Waals surface area (Å²) in [6.07, 6.45) is 3.37. The van der Waals surface area contributed by atoms with E-state index in [2.05, 4.69) is 0 Å². The minimum Gasteiger partial charge on any atom is -0.395 e. The van der Waals surface area contributed by atoms with Crippen molar-refractivity contribution in [1.82, 2.24) is 4.31 Å². The van der Waals surface area contributed by atoms with Crippen LogP contribution in [0.2, 0.25) is 0 Å². The number of halogens is 1. The fraction of sp³-hybridized carbons (Fsp3) is 0.538. The molecule has 1 aromatic rings. The highest BCUT2D eigenvalue weighted by Crippen LogP contribution is 2.40. The Bertz CT molecular complexity index is 591. The van der Waals surface area contributed by atoms with Crippen LogP contribution in [0.15, 0.2) is 23.1 Å². The highest BCUT2D eigenvalue weighted by Gasteiger charge is 2.42. The van der Waals surface area contributed by atoms with Crippen LogP contribution in [0.1, 0.15) is 19.3 Å². The van der Waals surface area contributed by atoms with Crippen LogP contribution < -0.4 is 5.73 Å². The zero-order valence-electron chi connectivity index (χ0n) is 10.5. The van der Waals surface area contributed by atoms with E-state index in [1.807, 2.05) is 0 Å². The summed E-state index contributed by atoms with van der Waals surface area (Å²) in [5.74, 6) is 0.245. The van der Waals surface area contributed by atoms with Gasteiger partial charge in [-0.1, -0.05) is 12.5 Å². The number of hydrogen-bond acceptors (Lipinski definition) is 3. The molecule has 4 nitrogen and oxygen atoms in total. The zero-order valence-corrected chi connectivity index (χ0v) is 11.4. The van der Waals surface area contributed by atoms with Crippen LogP contribution in [0, 0.1) is 17.7 Å². The molecule has 1 aromatic carbocycles. The average molecular weight is 284 g/mol. The first-order valence-electron chi connectivity index (χ1n) is 6.54. The summed E-state index contributed by atoms with van der Waals surface area (Å²) in [6.45, 7) is 1.09. The molecule has 0 aromatic heterocycles. The Labute approximate surface area is 112 Å². The molecule has 3 rings (SSSR count). The normalized spacial score (nSPS) is 27.6. The molecule has 6 heteroatoms. The zero-order chi connectivity index (χ0) is 13.6. The second-order valence-electron chi connectivity index (χ2n) is 5.42. The number of nitrogen functional groups attached to an aromatic ring is 1. The fourth-order valence-electron chi connectivity index (χ4n) is 3.27. The molecule has 2 unspecified atom stereocenters. The van der Waals surface area contributed by atoms with E-state index >= 15 is 0 Å². The van der Waals surface area contributed by atoms with E-state index in [1.165, 1.54) is 28.9 Å². The minimum absolute atomic E-state index is 0.104. The molecule has 1 aliphatic carbocycles. The van der Waals surface area contributed by atoms with E-state index in [4.69, 9.17) is 5.73 Å². The third-order valence-electron chi connectivity index (χ3n) is 4.32. The van der Waals surface area contributed by atoms with Gasteiger partial charge in [-0.2, -0.15) is 4.31 Å². The maximum Gasteiger partial charge on any atom is 0.245 e. The third kappa shape index (κ3) is 2.03. The van der Waals surface area contributed by atoms with Crippen molar-refractivity contribution in [3.05, 3.63) is 24.0 Å². The topological polar surface area (TPSA) is 63.4 Å². The number of anilines is 1. The summed E-state index contributed by atoms with van der Waals surface area (Å²) in [5.41, 5.74) is 5.29. The molecule has 1 saturated carbocycles. The van der Waals surface area contributed by atoms with Gasteiger partial charge in [0.1, 0.15) is 10.7 Å². The smallest absolute Gasteiger partial charge is 0.245 e. The van der Waals surface area contributed by atoms with E-state index in [0.717, 1.165) is 12.8 Å². The number of hydrogen-bond donors (Lipinski definition) is 1. The van der Waals surface area contributed by atoms with Crippen molar-refractivity contribution in [1.29, 1.82) is 0 Å². The van der Waals surface area contributed by atoms with Crippen LogP contribution in [0.4, 0.5) is 10.1 Å². The van der Waals surface area contributed by atoms with Crippen molar-refractivity contribution < 1.29 is 12.8 Å². The van der Waals surface area contributed by atoms with Gasteiger partial charge < -0.3 is 5.73 Å². The number of rotatable bonds is 2. The van der Waals surface area contributed by atoms with Gasteiger partial charge in [-0.3, -0.25) is 0 Å². The Hall–Kier alpha value is -1.14. The van der Waals surface area contributed by atoms with Crippen LogP contribution in [0.25, 0.3) is 0 Å². The Morgan fingerprint density at radius 3 is 2.47 bits per heavy atom. The summed E-state index contributed by atoms with van der Waals surface area (Å²) >= 11 is 0. The number of sulfonamides is 1. The molecule has 0 spiro atoms. The highest BCUT2D eigenvalue weighted by atomic mass is 32.2. The number of benzene rings is 1. The quantitative estimate of drug-likeness (QED) is 0.843. The fourth-order valence-corrected chi connectivity index (χ4v) is 4.95. The first-order valence-corrected chi connectivity index (χ1v) is 7.98. The molecule has 0 bridgehead atoms. The Morgan fingerprint density at radius 2 is 1.84 bits per heavy atom. The molecule has 2 fully saturated rings. The minimum atomic E-state index is -3.67. The lowest BCUT2D eigenvalue weighted by Crippen LogP contribution is -2.30. The van der Waals surface area contributed by atoms with Crippen LogP contribution in [-0.2, 0) is 10.0 Å².